The van der Waals surface area contributed by atoms with Crippen molar-refractivity contribution in [3.63, 3.8) is 0 Å². The summed E-state index contributed by atoms with van der Waals surface area (Å²) < 4.78 is 0. The van der Waals surface area contributed by atoms with Gasteiger partial charge in [0.05, 0.1) is 21.7 Å². The number of benzene rings is 2. The highest BCUT2D eigenvalue weighted by Crippen LogP contribution is 2.28. The van der Waals surface area contributed by atoms with Crippen LogP contribution in [0.25, 0.3) is 0 Å². The van der Waals surface area contributed by atoms with E-state index in [4.69, 9.17) is 11.6 Å². The molecule has 1 aliphatic heterocycles. The van der Waals surface area contributed by atoms with E-state index in [1.54, 1.807) is 0 Å². The number of hydrogen-bond acceptors (Lipinski definition) is 5. The number of non-ortho nitro benzene ring substituents is 1. The number of nitrogens with one attached hydrogen (secondary N) is 1. The van der Waals surface area contributed by atoms with Gasteiger partial charge >= 0.3 is 0 Å². The van der Waals surface area contributed by atoms with E-state index in [1.165, 1.54) is 48.7 Å². The number of likely N-dealkylation sites (N-methyl/N-ethyl adjacent to an activating group) is 1. The molecule has 1 amide bonds. The summed E-state index contributed by atoms with van der Waals surface area (Å²) in [5.41, 5.74) is 2.67. The van der Waals surface area contributed by atoms with Gasteiger partial charge < -0.3 is 10.2 Å². The summed E-state index contributed by atoms with van der Waals surface area (Å²) in [7, 11) is 1.91. The Kier molecular flexibility index (Phi) is 7.29. The van der Waals surface area contributed by atoms with E-state index in [0.717, 1.165) is 13.1 Å². The first-order valence-electron chi connectivity index (χ1n) is 10.1. The molecule has 0 unspecified atom stereocenters. The molecule has 1 heterocycles. The van der Waals surface area contributed by atoms with Crippen molar-refractivity contribution in [2.24, 2.45) is 0 Å². The summed E-state index contributed by atoms with van der Waals surface area (Å²) >= 11 is 6.10. The minimum absolute atomic E-state index is 0.113. The molecule has 0 aliphatic carbocycles. The van der Waals surface area contributed by atoms with E-state index in [0.29, 0.717) is 12.2 Å². The zero-order chi connectivity index (χ0) is 21.7. The quantitative estimate of drug-likeness (QED) is 0.509. The van der Waals surface area contributed by atoms with Crippen LogP contribution in [0.4, 0.5) is 17.1 Å². The first-order valence-corrected chi connectivity index (χ1v) is 10.5. The number of carbonyl (C=O) groups excluding carboxylic acids is 1. The van der Waals surface area contributed by atoms with Gasteiger partial charge in [-0.1, -0.05) is 29.8 Å². The smallest absolute Gasteiger partial charge is 0.271 e. The summed E-state index contributed by atoms with van der Waals surface area (Å²) in [6.07, 6.45) is 3.69. The average molecular weight is 431 g/mol. The van der Waals surface area contributed by atoms with Gasteiger partial charge in [-0.05, 0) is 50.9 Å². The van der Waals surface area contributed by atoms with E-state index < -0.39 is 11.0 Å². The van der Waals surface area contributed by atoms with Gasteiger partial charge in [0, 0.05) is 37.5 Å². The number of nitro benzene ring substituents is 1. The highest BCUT2D eigenvalue weighted by molar-refractivity contribution is 6.34. The van der Waals surface area contributed by atoms with Crippen molar-refractivity contribution in [3.05, 3.63) is 63.2 Å². The Morgan fingerprint density at radius 2 is 1.93 bits per heavy atom. The molecule has 1 N–H and O–H groups in total. The minimum atomic E-state index is -0.520. The van der Waals surface area contributed by atoms with Crippen molar-refractivity contribution >= 4 is 34.6 Å². The third-order valence-corrected chi connectivity index (χ3v) is 5.88. The fourth-order valence-corrected chi connectivity index (χ4v) is 3.87. The van der Waals surface area contributed by atoms with Crippen molar-refractivity contribution in [2.75, 3.05) is 30.4 Å². The van der Waals surface area contributed by atoms with Crippen LogP contribution in [0.3, 0.4) is 0 Å². The maximum atomic E-state index is 12.7. The SMILES string of the molecule is C[C@H](C(=O)Nc1ccc([N+](=O)[O-])cc1Cl)N(C)Cc1ccccc1N1CCCCC1. The fraction of sp³-hybridized carbons (Fsp3) is 0.409. The zero-order valence-electron chi connectivity index (χ0n) is 17.3. The van der Waals surface area contributed by atoms with Crippen LogP contribution in [0.15, 0.2) is 42.5 Å². The predicted octanol–water partition coefficient (Wildman–Crippen LogP) is 4.70. The number of nitro groups is 1. The van der Waals surface area contributed by atoms with Crippen molar-refractivity contribution in [1.82, 2.24) is 4.90 Å². The van der Waals surface area contributed by atoms with Gasteiger partial charge in [-0.15, -0.1) is 0 Å². The Morgan fingerprint density at radius 1 is 1.23 bits per heavy atom. The van der Waals surface area contributed by atoms with E-state index in [1.807, 2.05) is 24.9 Å². The van der Waals surface area contributed by atoms with Crippen molar-refractivity contribution in [1.29, 1.82) is 0 Å². The lowest BCUT2D eigenvalue weighted by molar-refractivity contribution is -0.384. The highest BCUT2D eigenvalue weighted by atomic mass is 35.5. The lowest BCUT2D eigenvalue weighted by Crippen LogP contribution is -2.39. The second kappa shape index (κ2) is 9.91. The molecule has 0 saturated carbocycles. The molecule has 1 atom stereocenters. The van der Waals surface area contributed by atoms with Crippen LogP contribution >= 0.6 is 11.6 Å². The molecular weight excluding hydrogens is 404 g/mol. The largest absolute Gasteiger partial charge is 0.371 e. The van der Waals surface area contributed by atoms with E-state index in [9.17, 15) is 14.9 Å². The Hall–Kier alpha value is -2.64. The Bertz CT molecular complexity index is 915. The predicted molar refractivity (Wildman–Crippen MR) is 120 cm³/mol. The van der Waals surface area contributed by atoms with E-state index in [-0.39, 0.29) is 16.6 Å². The van der Waals surface area contributed by atoms with Crippen molar-refractivity contribution in [2.45, 2.75) is 38.8 Å². The minimum Gasteiger partial charge on any atom is -0.371 e. The Labute approximate surface area is 181 Å². The van der Waals surface area contributed by atoms with Crippen LogP contribution in [0.5, 0.6) is 0 Å². The fourth-order valence-electron chi connectivity index (χ4n) is 3.65. The lowest BCUT2D eigenvalue weighted by atomic mass is 10.1. The third-order valence-electron chi connectivity index (χ3n) is 5.57. The van der Waals surface area contributed by atoms with E-state index >= 15 is 0 Å². The standard InChI is InChI=1S/C22H27ClN4O3/c1-16(22(28)24-20-11-10-18(27(29)30)14-19(20)23)25(2)15-17-8-4-5-9-21(17)26-12-6-3-7-13-26/h4-5,8-11,14,16H,3,6-7,12-13,15H2,1-2H3,(H,24,28)/t16-/m1/s1. The van der Waals surface area contributed by atoms with Gasteiger partial charge in [0.2, 0.25) is 5.91 Å². The van der Waals surface area contributed by atoms with Gasteiger partial charge in [0.15, 0.2) is 0 Å². The second-order valence-electron chi connectivity index (χ2n) is 7.68. The number of nitrogens with zero attached hydrogens (tertiary/aromatic N) is 3. The van der Waals surface area contributed by atoms with Gasteiger partial charge in [-0.25, -0.2) is 0 Å². The molecular formula is C22H27ClN4O3. The molecule has 7 nitrogen and oxygen atoms in total. The zero-order valence-corrected chi connectivity index (χ0v) is 18.1. The van der Waals surface area contributed by atoms with Gasteiger partial charge in [-0.2, -0.15) is 0 Å². The van der Waals surface area contributed by atoms with Gasteiger partial charge in [-0.3, -0.25) is 19.8 Å². The summed E-state index contributed by atoms with van der Waals surface area (Å²) in [6.45, 7) is 4.60. The number of hydrogen-bond donors (Lipinski definition) is 1. The third kappa shape index (κ3) is 5.29. The molecule has 8 heteroatoms. The van der Waals surface area contributed by atoms with Gasteiger partial charge in [0.1, 0.15) is 0 Å². The van der Waals surface area contributed by atoms with Gasteiger partial charge in [0.25, 0.3) is 5.69 Å². The van der Waals surface area contributed by atoms with Crippen molar-refractivity contribution in [3.8, 4) is 0 Å². The normalized spacial score (nSPS) is 15.1. The summed E-state index contributed by atoms with van der Waals surface area (Å²) in [5.74, 6) is -0.219. The number of halogens is 1. The maximum absolute atomic E-state index is 12.7. The molecule has 0 radical (unpaired) electrons. The van der Waals surface area contributed by atoms with Crippen LogP contribution in [0.2, 0.25) is 5.02 Å². The van der Waals surface area contributed by atoms with Crippen molar-refractivity contribution < 1.29 is 9.72 Å². The number of rotatable bonds is 7. The molecule has 0 spiro atoms. The Morgan fingerprint density at radius 3 is 2.60 bits per heavy atom. The molecule has 3 rings (SSSR count). The van der Waals surface area contributed by atoms with Crippen LogP contribution in [-0.2, 0) is 11.3 Å². The Balaban J connectivity index is 1.67. The molecule has 0 aromatic heterocycles. The lowest BCUT2D eigenvalue weighted by Gasteiger charge is -2.32. The number of amides is 1. The van der Waals surface area contributed by atoms with Crippen LogP contribution < -0.4 is 10.2 Å². The average Bonchev–Trinajstić information content (AvgIpc) is 2.75. The molecule has 1 aliphatic rings. The number of carbonyl (C=O) groups is 1. The molecule has 160 valence electrons. The summed E-state index contributed by atoms with van der Waals surface area (Å²) in [5, 5.41) is 13.8. The maximum Gasteiger partial charge on any atom is 0.271 e. The monoisotopic (exact) mass is 430 g/mol. The number of para-hydroxylation sites is 1. The molecule has 2 aromatic rings. The molecule has 0 bridgehead atoms. The van der Waals surface area contributed by atoms with Crippen LogP contribution in [-0.4, -0.2) is 41.9 Å². The summed E-state index contributed by atoms with van der Waals surface area (Å²) in [6, 6.07) is 11.9. The van der Waals surface area contributed by atoms with E-state index in [2.05, 4.69) is 28.4 Å². The molecule has 30 heavy (non-hydrogen) atoms. The first-order chi connectivity index (χ1) is 14.4. The highest BCUT2D eigenvalue weighted by Gasteiger charge is 2.22. The topological polar surface area (TPSA) is 78.7 Å². The summed E-state index contributed by atoms with van der Waals surface area (Å²) in [4.78, 5) is 27.5. The first kappa shape index (κ1) is 22.1. The number of anilines is 2. The second-order valence-corrected chi connectivity index (χ2v) is 8.09. The van der Waals surface area contributed by atoms with Crippen LogP contribution in [0, 0.1) is 10.1 Å². The number of piperidine rings is 1. The van der Waals surface area contributed by atoms with Crippen LogP contribution in [0.1, 0.15) is 31.7 Å². The molecule has 2 aromatic carbocycles. The molecule has 1 fully saturated rings. The molecule has 1 saturated heterocycles.